The van der Waals surface area contributed by atoms with Gasteiger partial charge in [-0.15, -0.1) is 11.3 Å². The van der Waals surface area contributed by atoms with E-state index in [-0.39, 0.29) is 11.6 Å². The van der Waals surface area contributed by atoms with Gasteiger partial charge < -0.3 is 19.5 Å². The molecule has 4 aromatic rings. The summed E-state index contributed by atoms with van der Waals surface area (Å²) in [6.07, 6.45) is 0. The molecular formula is C26H23N3O4S. The van der Waals surface area contributed by atoms with Gasteiger partial charge in [0.05, 0.1) is 18.8 Å². The Bertz CT molecular complexity index is 1310. The lowest BCUT2D eigenvalue weighted by molar-refractivity contribution is 0.0303. The van der Waals surface area contributed by atoms with Crippen molar-refractivity contribution in [3.05, 3.63) is 83.6 Å². The molecule has 0 bridgehead atoms. The molecule has 5 rings (SSSR count). The van der Waals surface area contributed by atoms with Gasteiger partial charge in [0.1, 0.15) is 5.00 Å². The molecule has 0 aliphatic carbocycles. The zero-order chi connectivity index (χ0) is 23.5. The predicted molar refractivity (Wildman–Crippen MR) is 131 cm³/mol. The molecule has 1 aliphatic heterocycles. The highest BCUT2D eigenvalue weighted by atomic mass is 32.1. The Balaban J connectivity index is 1.48. The van der Waals surface area contributed by atoms with Gasteiger partial charge >= 0.3 is 0 Å². The molecule has 1 fully saturated rings. The molecule has 2 aromatic carbocycles. The minimum Gasteiger partial charge on any atom is -0.378 e. The van der Waals surface area contributed by atoms with Gasteiger partial charge in [-0.2, -0.15) is 0 Å². The van der Waals surface area contributed by atoms with Gasteiger partial charge in [0.25, 0.3) is 11.8 Å². The Labute approximate surface area is 201 Å². The Hall–Kier alpha value is -3.75. The summed E-state index contributed by atoms with van der Waals surface area (Å²) in [7, 11) is 0. The van der Waals surface area contributed by atoms with Crippen LogP contribution < -0.4 is 5.32 Å². The van der Waals surface area contributed by atoms with Crippen LogP contribution in [-0.2, 0) is 4.74 Å². The highest BCUT2D eigenvalue weighted by Gasteiger charge is 2.28. The van der Waals surface area contributed by atoms with Gasteiger partial charge in [0.2, 0.25) is 0 Å². The molecule has 1 aliphatic rings. The van der Waals surface area contributed by atoms with Crippen LogP contribution >= 0.6 is 11.3 Å². The molecule has 2 aromatic heterocycles. The van der Waals surface area contributed by atoms with E-state index in [1.165, 1.54) is 11.3 Å². The van der Waals surface area contributed by atoms with E-state index in [0.29, 0.717) is 42.6 Å². The number of morpholine rings is 1. The monoisotopic (exact) mass is 473 g/mol. The van der Waals surface area contributed by atoms with Gasteiger partial charge in [-0.05, 0) is 18.1 Å². The van der Waals surface area contributed by atoms with E-state index >= 15 is 0 Å². The fourth-order valence-corrected chi connectivity index (χ4v) is 5.14. The molecule has 1 saturated heterocycles. The first-order valence-corrected chi connectivity index (χ1v) is 11.8. The van der Waals surface area contributed by atoms with Crippen LogP contribution in [0.3, 0.4) is 0 Å². The maximum Gasteiger partial charge on any atom is 0.278 e. The highest BCUT2D eigenvalue weighted by molar-refractivity contribution is 7.20. The quantitative estimate of drug-likeness (QED) is 0.436. The molecule has 7 nitrogen and oxygen atoms in total. The van der Waals surface area contributed by atoms with E-state index < -0.39 is 5.91 Å². The Morgan fingerprint density at radius 2 is 1.62 bits per heavy atom. The topological polar surface area (TPSA) is 84.7 Å². The van der Waals surface area contributed by atoms with Crippen molar-refractivity contribution in [3.8, 4) is 21.8 Å². The van der Waals surface area contributed by atoms with Crippen molar-refractivity contribution in [2.45, 2.75) is 6.92 Å². The van der Waals surface area contributed by atoms with E-state index in [1.54, 1.807) is 11.0 Å². The number of rotatable bonds is 5. The fraction of sp³-hybridized carbons (Fsp3) is 0.192. The number of hydrogen-bond donors (Lipinski definition) is 1. The second kappa shape index (κ2) is 9.62. The van der Waals surface area contributed by atoms with Crippen LogP contribution in [0.4, 0.5) is 5.00 Å². The van der Waals surface area contributed by atoms with Gasteiger partial charge in [0.15, 0.2) is 11.5 Å². The second-order valence-corrected chi connectivity index (χ2v) is 8.95. The summed E-state index contributed by atoms with van der Waals surface area (Å²) in [5, 5.41) is 7.37. The third-order valence-electron chi connectivity index (χ3n) is 5.72. The SMILES string of the molecule is Cc1c(-c2ccccc2)sc(NC(=O)c2cc(-c3ccccc3)on2)c1C(=O)N1CCOCC1. The molecule has 0 saturated carbocycles. The van der Waals surface area contributed by atoms with E-state index in [1.807, 2.05) is 67.6 Å². The number of aromatic nitrogens is 1. The van der Waals surface area contributed by atoms with Crippen LogP contribution in [0.25, 0.3) is 21.8 Å². The van der Waals surface area contributed by atoms with Crippen LogP contribution in [0.5, 0.6) is 0 Å². The average molecular weight is 474 g/mol. The van der Waals surface area contributed by atoms with Gasteiger partial charge in [-0.3, -0.25) is 9.59 Å². The number of nitrogens with one attached hydrogen (secondary N) is 1. The number of anilines is 1. The van der Waals surface area contributed by atoms with Crippen molar-refractivity contribution in [2.75, 3.05) is 31.6 Å². The lowest BCUT2D eigenvalue weighted by Crippen LogP contribution is -2.41. The summed E-state index contributed by atoms with van der Waals surface area (Å²) in [5.74, 6) is -0.0369. The number of thiophene rings is 1. The standard InChI is InChI=1S/C26H23N3O4S/c1-17-22(26(31)29-12-14-32-15-13-29)25(34-23(17)19-10-6-3-7-11-19)27-24(30)20-16-21(33-28-20)18-8-4-2-5-9-18/h2-11,16H,12-15H2,1H3,(H,27,30). The fourth-order valence-electron chi connectivity index (χ4n) is 3.94. The number of carbonyl (C=O) groups excluding carboxylic acids is 2. The maximum atomic E-state index is 13.5. The largest absolute Gasteiger partial charge is 0.378 e. The zero-order valence-electron chi connectivity index (χ0n) is 18.6. The Morgan fingerprint density at radius 1 is 0.971 bits per heavy atom. The van der Waals surface area contributed by atoms with E-state index in [4.69, 9.17) is 9.26 Å². The molecular weight excluding hydrogens is 450 g/mol. The number of nitrogens with zero attached hydrogens (tertiary/aromatic N) is 2. The Kier molecular flexibility index (Phi) is 6.24. The van der Waals surface area contributed by atoms with Crippen molar-refractivity contribution in [2.24, 2.45) is 0 Å². The zero-order valence-corrected chi connectivity index (χ0v) is 19.4. The minimum atomic E-state index is -0.428. The Morgan fingerprint density at radius 3 is 2.29 bits per heavy atom. The summed E-state index contributed by atoms with van der Waals surface area (Å²) in [4.78, 5) is 29.3. The number of ether oxygens (including phenoxy) is 1. The van der Waals surface area contributed by atoms with Crippen molar-refractivity contribution in [1.82, 2.24) is 10.1 Å². The molecule has 172 valence electrons. The molecule has 2 amide bonds. The molecule has 0 unspecified atom stereocenters. The van der Waals surface area contributed by atoms with E-state index in [0.717, 1.165) is 21.6 Å². The average Bonchev–Trinajstić information content (AvgIpc) is 3.50. The molecule has 3 heterocycles. The van der Waals surface area contributed by atoms with Crippen LogP contribution in [0.1, 0.15) is 26.4 Å². The van der Waals surface area contributed by atoms with Gasteiger partial charge in [0, 0.05) is 29.6 Å². The first kappa shape index (κ1) is 22.1. The van der Waals surface area contributed by atoms with Crippen molar-refractivity contribution in [1.29, 1.82) is 0 Å². The predicted octanol–water partition coefficient (Wildman–Crippen LogP) is 5.10. The lowest BCUT2D eigenvalue weighted by atomic mass is 10.1. The number of carbonyl (C=O) groups is 2. The number of benzene rings is 2. The van der Waals surface area contributed by atoms with Crippen molar-refractivity contribution in [3.63, 3.8) is 0 Å². The molecule has 0 spiro atoms. The number of hydrogen-bond acceptors (Lipinski definition) is 6. The maximum absolute atomic E-state index is 13.5. The second-order valence-electron chi connectivity index (χ2n) is 7.93. The number of amides is 2. The molecule has 1 N–H and O–H groups in total. The molecule has 0 radical (unpaired) electrons. The first-order chi connectivity index (χ1) is 16.6. The first-order valence-electron chi connectivity index (χ1n) is 11.0. The normalized spacial score (nSPS) is 13.6. The van der Waals surface area contributed by atoms with Crippen LogP contribution in [0.15, 0.2) is 71.3 Å². The molecule has 8 heteroatoms. The van der Waals surface area contributed by atoms with Crippen LogP contribution in [-0.4, -0.2) is 48.2 Å². The van der Waals surface area contributed by atoms with Crippen molar-refractivity contribution >= 4 is 28.2 Å². The van der Waals surface area contributed by atoms with E-state index in [2.05, 4.69) is 10.5 Å². The molecule has 34 heavy (non-hydrogen) atoms. The third-order valence-corrected chi connectivity index (χ3v) is 6.98. The third kappa shape index (κ3) is 4.37. The summed E-state index contributed by atoms with van der Waals surface area (Å²) >= 11 is 1.39. The summed E-state index contributed by atoms with van der Waals surface area (Å²) < 4.78 is 10.8. The minimum absolute atomic E-state index is 0.111. The van der Waals surface area contributed by atoms with Crippen LogP contribution in [0, 0.1) is 6.92 Å². The van der Waals surface area contributed by atoms with Crippen LogP contribution in [0.2, 0.25) is 0 Å². The lowest BCUT2D eigenvalue weighted by Gasteiger charge is -2.27. The molecule has 0 atom stereocenters. The highest BCUT2D eigenvalue weighted by Crippen LogP contribution is 2.40. The summed E-state index contributed by atoms with van der Waals surface area (Å²) in [6, 6.07) is 20.9. The smallest absolute Gasteiger partial charge is 0.278 e. The summed E-state index contributed by atoms with van der Waals surface area (Å²) in [6.45, 7) is 3.97. The van der Waals surface area contributed by atoms with Gasteiger partial charge in [-0.1, -0.05) is 65.8 Å². The van der Waals surface area contributed by atoms with Gasteiger partial charge in [-0.25, -0.2) is 0 Å². The summed E-state index contributed by atoms with van der Waals surface area (Å²) in [5.41, 5.74) is 3.32. The van der Waals surface area contributed by atoms with Crippen molar-refractivity contribution < 1.29 is 18.8 Å². The van der Waals surface area contributed by atoms with E-state index in [9.17, 15) is 9.59 Å².